The van der Waals surface area contributed by atoms with E-state index >= 15 is 0 Å². The summed E-state index contributed by atoms with van der Waals surface area (Å²) >= 11 is 0. The highest BCUT2D eigenvalue weighted by Gasteiger charge is 2.52. The summed E-state index contributed by atoms with van der Waals surface area (Å²) in [5.41, 5.74) is 3.49. The first-order valence-electron chi connectivity index (χ1n) is 9.03. The smallest absolute Gasteiger partial charge is 0.225 e. The number of para-hydroxylation sites is 2. The van der Waals surface area contributed by atoms with Gasteiger partial charge in [0.2, 0.25) is 11.4 Å². The van der Waals surface area contributed by atoms with Gasteiger partial charge in [-0.15, -0.1) is 10.2 Å². The molecule has 0 spiro atoms. The van der Waals surface area contributed by atoms with Crippen molar-refractivity contribution in [2.24, 2.45) is 0 Å². The molecule has 5 aromatic rings. The van der Waals surface area contributed by atoms with Crippen LogP contribution >= 0.6 is 0 Å². The van der Waals surface area contributed by atoms with Gasteiger partial charge >= 0.3 is 0 Å². The first-order chi connectivity index (χ1) is 13.8. The van der Waals surface area contributed by atoms with E-state index in [9.17, 15) is 4.79 Å². The summed E-state index contributed by atoms with van der Waals surface area (Å²) in [6.45, 7) is 0. The molecule has 0 atom stereocenters. The van der Waals surface area contributed by atoms with Crippen LogP contribution in [0.4, 0.5) is 0 Å². The highest BCUT2D eigenvalue weighted by molar-refractivity contribution is 6.07. The number of benzene rings is 3. The van der Waals surface area contributed by atoms with Gasteiger partial charge in [0, 0.05) is 12.0 Å². The van der Waals surface area contributed by atoms with Crippen molar-refractivity contribution in [2.45, 2.75) is 12.1 Å². The van der Waals surface area contributed by atoms with E-state index in [1.165, 1.54) is 0 Å². The maximum absolute atomic E-state index is 13.8. The lowest BCUT2D eigenvalue weighted by Crippen LogP contribution is -2.48. The van der Waals surface area contributed by atoms with Crippen LogP contribution in [0.3, 0.4) is 0 Å². The Morgan fingerprint density at radius 3 is 1.86 bits per heavy atom. The van der Waals surface area contributed by atoms with Gasteiger partial charge in [0.25, 0.3) is 0 Å². The van der Waals surface area contributed by atoms with Crippen molar-refractivity contribution in [1.82, 2.24) is 30.0 Å². The Bertz CT molecular complexity index is 1310. The van der Waals surface area contributed by atoms with E-state index in [0.29, 0.717) is 12.0 Å². The van der Waals surface area contributed by atoms with Gasteiger partial charge in [0.1, 0.15) is 11.0 Å². The van der Waals surface area contributed by atoms with Crippen LogP contribution in [0, 0.1) is 0 Å². The zero-order valence-electron chi connectivity index (χ0n) is 14.7. The van der Waals surface area contributed by atoms with Crippen molar-refractivity contribution >= 4 is 27.9 Å². The molecule has 2 heterocycles. The number of carbonyl (C=O) groups is 1. The van der Waals surface area contributed by atoms with Gasteiger partial charge in [-0.2, -0.15) is 0 Å². The minimum absolute atomic E-state index is 0.0607. The maximum Gasteiger partial charge on any atom is 0.225 e. The first kappa shape index (κ1) is 15.2. The molecule has 6 rings (SSSR count). The van der Waals surface area contributed by atoms with E-state index in [-0.39, 0.29) is 5.78 Å². The predicted molar refractivity (Wildman–Crippen MR) is 103 cm³/mol. The normalized spacial score (nSPS) is 15.4. The quantitative estimate of drug-likeness (QED) is 0.480. The fourth-order valence-corrected chi connectivity index (χ4v) is 4.17. The first-order valence-corrected chi connectivity index (χ1v) is 9.03. The summed E-state index contributed by atoms with van der Waals surface area (Å²) in [4.78, 5) is 13.8. The standard InChI is InChI=1S/C21H14N6O/c28-20-15-8-2-1-7-14(15)13-21(20,26-18-11-5-3-9-16(18)22-24-26)27-19-12-6-4-10-17(19)23-25-27/h1-12H,13H2. The minimum atomic E-state index is -1.18. The van der Waals surface area contributed by atoms with Crippen molar-refractivity contribution in [3.05, 3.63) is 83.9 Å². The Hall–Kier alpha value is -3.87. The number of Topliss-reactive ketones (excluding diaryl/α,β-unsaturated/α-hetero) is 1. The zero-order valence-corrected chi connectivity index (χ0v) is 14.7. The molecule has 0 N–H and O–H groups in total. The number of aromatic nitrogens is 6. The van der Waals surface area contributed by atoms with Crippen molar-refractivity contribution in [3.63, 3.8) is 0 Å². The number of carbonyl (C=O) groups excluding carboxylic acids is 1. The zero-order chi connectivity index (χ0) is 18.7. The SMILES string of the molecule is O=C1c2ccccc2CC1(n1nnc2ccccc21)n1nnc2ccccc21. The van der Waals surface area contributed by atoms with Crippen molar-refractivity contribution in [1.29, 1.82) is 0 Å². The Morgan fingerprint density at radius 2 is 1.25 bits per heavy atom. The van der Waals surface area contributed by atoms with Crippen LogP contribution in [0.5, 0.6) is 0 Å². The molecule has 7 nitrogen and oxygen atoms in total. The van der Waals surface area contributed by atoms with E-state index < -0.39 is 5.66 Å². The molecular weight excluding hydrogens is 352 g/mol. The molecule has 0 amide bonds. The lowest BCUT2D eigenvalue weighted by molar-refractivity contribution is 0.0746. The van der Waals surface area contributed by atoms with E-state index in [1.807, 2.05) is 72.8 Å². The average Bonchev–Trinajstić information content (AvgIpc) is 3.43. The lowest BCUT2D eigenvalue weighted by atomic mass is 10.0. The Balaban J connectivity index is 1.73. The average molecular weight is 366 g/mol. The van der Waals surface area contributed by atoms with Gasteiger partial charge in [-0.1, -0.05) is 59.0 Å². The van der Waals surface area contributed by atoms with E-state index in [0.717, 1.165) is 27.6 Å². The molecule has 2 aromatic heterocycles. The molecule has 0 bridgehead atoms. The second kappa shape index (κ2) is 5.32. The number of hydrogen-bond donors (Lipinski definition) is 0. The molecule has 0 unspecified atom stereocenters. The van der Waals surface area contributed by atoms with Crippen LogP contribution in [-0.2, 0) is 12.1 Å². The molecule has 28 heavy (non-hydrogen) atoms. The highest BCUT2D eigenvalue weighted by Crippen LogP contribution is 2.39. The van der Waals surface area contributed by atoms with Crippen LogP contribution in [0.25, 0.3) is 22.1 Å². The molecule has 1 aliphatic carbocycles. The number of fused-ring (bicyclic) bond motifs is 3. The molecule has 1 aliphatic rings. The number of hydrogen-bond acceptors (Lipinski definition) is 5. The molecule has 0 aliphatic heterocycles. The fraction of sp³-hybridized carbons (Fsp3) is 0.0952. The van der Waals surface area contributed by atoms with Gasteiger partial charge in [0.05, 0.1) is 11.0 Å². The summed E-state index contributed by atoms with van der Waals surface area (Å²) in [6, 6.07) is 22.9. The third-order valence-electron chi connectivity index (χ3n) is 5.47. The Kier molecular flexibility index (Phi) is 2.89. The largest absolute Gasteiger partial charge is 0.289 e. The van der Waals surface area contributed by atoms with Crippen LogP contribution in [-0.4, -0.2) is 35.8 Å². The third kappa shape index (κ3) is 1.80. The molecule has 0 radical (unpaired) electrons. The summed E-state index contributed by atoms with van der Waals surface area (Å²) in [5, 5.41) is 17.4. The highest BCUT2D eigenvalue weighted by atomic mass is 16.1. The maximum atomic E-state index is 13.8. The number of ketones is 1. The summed E-state index contributed by atoms with van der Waals surface area (Å²) in [7, 11) is 0. The van der Waals surface area contributed by atoms with Gasteiger partial charge in [0.15, 0.2) is 0 Å². The number of nitrogens with zero attached hydrogens (tertiary/aromatic N) is 6. The predicted octanol–water partition coefficient (Wildman–Crippen LogP) is 2.82. The van der Waals surface area contributed by atoms with E-state index in [1.54, 1.807) is 9.36 Å². The molecule has 134 valence electrons. The molecule has 0 fully saturated rings. The summed E-state index contributed by atoms with van der Waals surface area (Å²) in [5.74, 6) is -0.0607. The topological polar surface area (TPSA) is 78.5 Å². The second-order valence-electron chi connectivity index (χ2n) is 6.96. The minimum Gasteiger partial charge on any atom is -0.289 e. The van der Waals surface area contributed by atoms with Gasteiger partial charge in [-0.05, 0) is 29.8 Å². The molecular formula is C21H14N6O. The van der Waals surface area contributed by atoms with E-state index in [2.05, 4.69) is 20.6 Å². The molecule has 0 saturated carbocycles. The Morgan fingerprint density at radius 1 is 0.714 bits per heavy atom. The number of rotatable bonds is 2. The second-order valence-corrected chi connectivity index (χ2v) is 6.96. The van der Waals surface area contributed by atoms with Crippen molar-refractivity contribution in [3.8, 4) is 0 Å². The van der Waals surface area contributed by atoms with Crippen molar-refractivity contribution < 1.29 is 4.79 Å². The fourth-order valence-electron chi connectivity index (χ4n) is 4.17. The monoisotopic (exact) mass is 366 g/mol. The summed E-state index contributed by atoms with van der Waals surface area (Å²) < 4.78 is 3.40. The third-order valence-corrected chi connectivity index (χ3v) is 5.47. The van der Waals surface area contributed by atoms with Gasteiger partial charge < -0.3 is 0 Å². The molecule has 7 heteroatoms. The Labute approximate surface area is 159 Å². The molecule has 0 saturated heterocycles. The van der Waals surface area contributed by atoms with Crippen LogP contribution in [0.2, 0.25) is 0 Å². The van der Waals surface area contributed by atoms with Crippen LogP contribution < -0.4 is 0 Å². The van der Waals surface area contributed by atoms with Crippen LogP contribution in [0.1, 0.15) is 15.9 Å². The van der Waals surface area contributed by atoms with Crippen LogP contribution in [0.15, 0.2) is 72.8 Å². The van der Waals surface area contributed by atoms with E-state index in [4.69, 9.17) is 0 Å². The summed E-state index contributed by atoms with van der Waals surface area (Å²) in [6.07, 6.45) is 0.433. The van der Waals surface area contributed by atoms with Gasteiger partial charge in [-0.3, -0.25) is 4.79 Å². The van der Waals surface area contributed by atoms with Gasteiger partial charge in [-0.25, -0.2) is 9.36 Å². The molecule has 3 aromatic carbocycles. The lowest BCUT2D eigenvalue weighted by Gasteiger charge is -2.28. The van der Waals surface area contributed by atoms with Crippen molar-refractivity contribution in [2.75, 3.05) is 0 Å².